The van der Waals surface area contributed by atoms with Crippen LogP contribution in [-0.4, -0.2) is 36.6 Å². The van der Waals surface area contributed by atoms with Crippen LogP contribution in [0.5, 0.6) is 0 Å². The van der Waals surface area contributed by atoms with Crippen LogP contribution in [-0.2, 0) is 0 Å². The lowest BCUT2D eigenvalue weighted by Crippen LogP contribution is -2.55. The summed E-state index contributed by atoms with van der Waals surface area (Å²) in [4.78, 5) is 2.80. The lowest BCUT2D eigenvalue weighted by Gasteiger charge is -2.44. The van der Waals surface area contributed by atoms with Crippen LogP contribution < -0.4 is 5.32 Å². The molecule has 0 aromatic carbocycles. The third-order valence-corrected chi connectivity index (χ3v) is 4.24. The maximum Gasteiger partial charge on any atom is 0.0221 e. The number of hydrogen-bond donors (Lipinski definition) is 1. The molecule has 0 aromatic rings. The van der Waals surface area contributed by atoms with Gasteiger partial charge in [0.1, 0.15) is 0 Å². The summed E-state index contributed by atoms with van der Waals surface area (Å²) < 4.78 is 0. The van der Waals surface area contributed by atoms with E-state index >= 15 is 0 Å². The monoisotopic (exact) mass is 210 g/mol. The molecule has 3 unspecified atom stereocenters. The summed E-state index contributed by atoms with van der Waals surface area (Å²) in [6.07, 6.45) is 7.10. The fraction of sp³-hybridized carbons (Fsp3) is 1.00. The van der Waals surface area contributed by atoms with Gasteiger partial charge in [0.15, 0.2) is 0 Å². The summed E-state index contributed by atoms with van der Waals surface area (Å²) in [5, 5.41) is 3.52. The summed E-state index contributed by atoms with van der Waals surface area (Å²) in [6, 6.07) is 1.69. The van der Waals surface area contributed by atoms with Crippen molar-refractivity contribution in [3.8, 4) is 0 Å². The molecule has 2 nitrogen and oxygen atoms in total. The van der Waals surface area contributed by atoms with Gasteiger partial charge in [-0.15, -0.1) is 0 Å². The highest BCUT2D eigenvalue weighted by atomic mass is 15.2. The summed E-state index contributed by atoms with van der Waals surface area (Å²) in [7, 11) is 0. The van der Waals surface area contributed by atoms with Crippen molar-refractivity contribution in [1.82, 2.24) is 10.2 Å². The summed E-state index contributed by atoms with van der Waals surface area (Å²) >= 11 is 0. The Morgan fingerprint density at radius 3 is 2.93 bits per heavy atom. The Balaban J connectivity index is 1.94. The van der Waals surface area contributed by atoms with Crippen molar-refractivity contribution < 1.29 is 0 Å². The van der Waals surface area contributed by atoms with E-state index in [4.69, 9.17) is 0 Å². The number of rotatable bonds is 2. The fourth-order valence-corrected chi connectivity index (χ4v) is 3.34. The average molecular weight is 210 g/mol. The lowest BCUT2D eigenvalue weighted by atomic mass is 9.85. The molecule has 0 bridgehead atoms. The van der Waals surface area contributed by atoms with Gasteiger partial charge in [-0.25, -0.2) is 0 Å². The highest BCUT2D eigenvalue weighted by Crippen LogP contribution is 2.29. The molecule has 1 heterocycles. The van der Waals surface area contributed by atoms with Gasteiger partial charge in [0.25, 0.3) is 0 Å². The Labute approximate surface area is 94.4 Å². The fourth-order valence-electron chi connectivity index (χ4n) is 3.34. The van der Waals surface area contributed by atoms with Crippen LogP contribution in [0.25, 0.3) is 0 Å². The third kappa shape index (κ3) is 2.73. The quantitative estimate of drug-likeness (QED) is 0.752. The van der Waals surface area contributed by atoms with Crippen LogP contribution in [0.1, 0.15) is 46.0 Å². The largest absolute Gasteiger partial charge is 0.314 e. The van der Waals surface area contributed by atoms with Crippen molar-refractivity contribution in [1.29, 1.82) is 0 Å². The molecule has 15 heavy (non-hydrogen) atoms. The van der Waals surface area contributed by atoms with Gasteiger partial charge in [0.2, 0.25) is 0 Å². The molecule has 88 valence electrons. The summed E-state index contributed by atoms with van der Waals surface area (Å²) in [5.74, 6) is 0.955. The van der Waals surface area contributed by atoms with Gasteiger partial charge in [-0.3, -0.25) is 4.90 Å². The van der Waals surface area contributed by atoms with E-state index in [9.17, 15) is 0 Å². The standard InChI is InChI=1S/C13H26N2/c1-3-12-10-14-7-8-15(12)13-6-4-5-11(2)9-13/h11-14H,3-10H2,1-2H3. The van der Waals surface area contributed by atoms with Crippen molar-refractivity contribution in [2.45, 2.75) is 58.0 Å². The maximum atomic E-state index is 3.52. The van der Waals surface area contributed by atoms with E-state index in [1.54, 1.807) is 0 Å². The first-order chi connectivity index (χ1) is 7.31. The Bertz CT molecular complexity index is 193. The molecule has 0 amide bonds. The first-order valence-electron chi connectivity index (χ1n) is 6.77. The smallest absolute Gasteiger partial charge is 0.0221 e. The summed E-state index contributed by atoms with van der Waals surface area (Å²) in [5.41, 5.74) is 0. The lowest BCUT2D eigenvalue weighted by molar-refractivity contribution is 0.0677. The predicted molar refractivity (Wildman–Crippen MR) is 65.1 cm³/mol. The highest BCUT2D eigenvalue weighted by Gasteiger charge is 2.30. The van der Waals surface area contributed by atoms with Gasteiger partial charge in [0.05, 0.1) is 0 Å². The van der Waals surface area contributed by atoms with Gasteiger partial charge in [-0.2, -0.15) is 0 Å². The van der Waals surface area contributed by atoms with E-state index in [-0.39, 0.29) is 0 Å². The molecule has 1 aliphatic heterocycles. The van der Waals surface area contributed by atoms with Gasteiger partial charge in [-0.05, 0) is 25.2 Å². The number of nitrogens with one attached hydrogen (secondary N) is 1. The van der Waals surface area contributed by atoms with Gasteiger partial charge >= 0.3 is 0 Å². The Kier molecular flexibility index (Phi) is 4.04. The molecule has 1 aliphatic carbocycles. The molecule has 2 rings (SSSR count). The summed E-state index contributed by atoms with van der Waals surface area (Å²) in [6.45, 7) is 8.44. The zero-order valence-corrected chi connectivity index (χ0v) is 10.3. The molecular formula is C13H26N2. The average Bonchev–Trinajstić information content (AvgIpc) is 2.29. The SMILES string of the molecule is CCC1CNCCN1C1CCCC(C)C1. The van der Waals surface area contributed by atoms with Crippen molar-refractivity contribution in [2.75, 3.05) is 19.6 Å². The Hall–Kier alpha value is -0.0800. The molecule has 3 atom stereocenters. The molecule has 0 spiro atoms. The zero-order valence-electron chi connectivity index (χ0n) is 10.3. The minimum atomic E-state index is 0.800. The van der Waals surface area contributed by atoms with Crippen LogP contribution in [0, 0.1) is 5.92 Å². The van der Waals surface area contributed by atoms with Crippen molar-refractivity contribution in [2.24, 2.45) is 5.92 Å². The Morgan fingerprint density at radius 2 is 2.20 bits per heavy atom. The number of piperazine rings is 1. The van der Waals surface area contributed by atoms with E-state index in [1.165, 1.54) is 51.7 Å². The molecule has 1 saturated carbocycles. The van der Waals surface area contributed by atoms with Crippen LogP contribution in [0.4, 0.5) is 0 Å². The minimum absolute atomic E-state index is 0.800. The van der Waals surface area contributed by atoms with E-state index < -0.39 is 0 Å². The van der Waals surface area contributed by atoms with Crippen molar-refractivity contribution in [3.05, 3.63) is 0 Å². The van der Waals surface area contributed by atoms with Gasteiger partial charge in [-0.1, -0.05) is 26.7 Å². The second-order valence-electron chi connectivity index (χ2n) is 5.43. The minimum Gasteiger partial charge on any atom is -0.314 e. The van der Waals surface area contributed by atoms with Crippen LogP contribution >= 0.6 is 0 Å². The van der Waals surface area contributed by atoms with E-state index in [1.807, 2.05) is 0 Å². The zero-order chi connectivity index (χ0) is 10.7. The van der Waals surface area contributed by atoms with E-state index in [0.29, 0.717) is 0 Å². The normalized spacial score (nSPS) is 39.2. The molecule has 1 N–H and O–H groups in total. The molecule has 2 fully saturated rings. The third-order valence-electron chi connectivity index (χ3n) is 4.24. The first kappa shape index (κ1) is 11.4. The topological polar surface area (TPSA) is 15.3 Å². The molecule has 0 radical (unpaired) electrons. The number of nitrogens with zero attached hydrogens (tertiary/aromatic N) is 1. The van der Waals surface area contributed by atoms with E-state index in [0.717, 1.165) is 18.0 Å². The van der Waals surface area contributed by atoms with Crippen LogP contribution in [0.2, 0.25) is 0 Å². The van der Waals surface area contributed by atoms with Crippen molar-refractivity contribution in [3.63, 3.8) is 0 Å². The van der Waals surface area contributed by atoms with Gasteiger partial charge in [0, 0.05) is 31.7 Å². The predicted octanol–water partition coefficient (Wildman–Crippen LogP) is 2.25. The second kappa shape index (κ2) is 5.31. The second-order valence-corrected chi connectivity index (χ2v) is 5.43. The highest BCUT2D eigenvalue weighted by molar-refractivity contribution is 4.87. The maximum absolute atomic E-state index is 3.52. The van der Waals surface area contributed by atoms with E-state index in [2.05, 4.69) is 24.1 Å². The number of hydrogen-bond acceptors (Lipinski definition) is 2. The van der Waals surface area contributed by atoms with Crippen molar-refractivity contribution >= 4 is 0 Å². The molecule has 1 saturated heterocycles. The Morgan fingerprint density at radius 1 is 1.33 bits per heavy atom. The molecule has 2 aliphatic rings. The molecule has 2 heteroatoms. The first-order valence-corrected chi connectivity index (χ1v) is 6.77. The van der Waals surface area contributed by atoms with Crippen LogP contribution in [0.15, 0.2) is 0 Å². The molecule has 0 aromatic heterocycles. The van der Waals surface area contributed by atoms with Crippen LogP contribution in [0.3, 0.4) is 0 Å². The van der Waals surface area contributed by atoms with Gasteiger partial charge < -0.3 is 5.32 Å². The molecular weight excluding hydrogens is 184 g/mol.